The quantitative estimate of drug-likeness (QED) is 0.745. The molecule has 1 saturated heterocycles. The van der Waals surface area contributed by atoms with Gasteiger partial charge in [-0.2, -0.15) is 0 Å². The minimum atomic E-state index is 0.373. The van der Waals surface area contributed by atoms with Crippen LogP contribution in [0.15, 0.2) is 41.0 Å². The smallest absolute Gasteiger partial charge is 0.247 e. The lowest BCUT2D eigenvalue weighted by atomic mass is 9.94. The van der Waals surface area contributed by atoms with Crippen molar-refractivity contribution in [3.63, 3.8) is 0 Å². The summed E-state index contributed by atoms with van der Waals surface area (Å²) in [4.78, 5) is 4.84. The molecule has 154 valence electrons. The molecule has 0 bridgehead atoms. The van der Waals surface area contributed by atoms with Crippen LogP contribution in [0, 0.1) is 13.8 Å². The van der Waals surface area contributed by atoms with Gasteiger partial charge in [-0.3, -0.25) is 4.90 Å². The summed E-state index contributed by atoms with van der Waals surface area (Å²) in [6.07, 6.45) is 4.86. The van der Waals surface area contributed by atoms with Crippen molar-refractivity contribution < 1.29 is 9.15 Å². The highest BCUT2D eigenvalue weighted by Gasteiger charge is 2.24. The van der Waals surface area contributed by atoms with Crippen LogP contribution in [0.3, 0.4) is 0 Å². The fraction of sp³-hybridized carbons (Fsp3) is 0.478. The van der Waals surface area contributed by atoms with Gasteiger partial charge in [-0.1, -0.05) is 18.7 Å². The minimum absolute atomic E-state index is 0.373. The number of hydrogen-bond donors (Lipinski definition) is 0. The number of nitrogens with zero attached hydrogens (tertiary/aromatic N) is 4. The van der Waals surface area contributed by atoms with Crippen molar-refractivity contribution in [3.8, 4) is 11.5 Å². The van der Waals surface area contributed by atoms with E-state index in [1.165, 1.54) is 22.4 Å². The second-order valence-electron chi connectivity index (χ2n) is 8.03. The Morgan fingerprint density at radius 1 is 1.28 bits per heavy atom. The van der Waals surface area contributed by atoms with Crippen LogP contribution in [-0.4, -0.2) is 65.9 Å². The van der Waals surface area contributed by atoms with E-state index in [2.05, 4.69) is 57.8 Å². The third kappa shape index (κ3) is 4.43. The maximum Gasteiger partial charge on any atom is 0.247 e. The van der Waals surface area contributed by atoms with E-state index >= 15 is 0 Å². The van der Waals surface area contributed by atoms with Gasteiger partial charge in [0.15, 0.2) is 0 Å². The van der Waals surface area contributed by atoms with Crippen LogP contribution in [-0.2, 0) is 4.74 Å². The fourth-order valence-corrected chi connectivity index (χ4v) is 4.26. The highest BCUT2D eigenvalue weighted by atomic mass is 16.5. The first-order valence-electron chi connectivity index (χ1n) is 10.3. The Hall–Kier alpha value is -2.44. The van der Waals surface area contributed by atoms with Crippen LogP contribution in [0.1, 0.15) is 29.9 Å². The number of aryl methyl sites for hydroxylation is 2. The van der Waals surface area contributed by atoms with Crippen LogP contribution in [0.5, 0.6) is 0 Å². The summed E-state index contributed by atoms with van der Waals surface area (Å²) >= 11 is 0. The first kappa shape index (κ1) is 19.9. The fourth-order valence-electron chi connectivity index (χ4n) is 4.26. The Balaban J connectivity index is 1.39. The molecule has 1 atom stereocenters. The molecule has 6 heteroatoms. The zero-order valence-corrected chi connectivity index (χ0v) is 17.6. The number of benzene rings is 1. The second kappa shape index (κ2) is 8.51. The molecule has 0 saturated carbocycles. The second-order valence-corrected chi connectivity index (χ2v) is 8.03. The van der Waals surface area contributed by atoms with E-state index in [0.29, 0.717) is 17.9 Å². The molecule has 2 aliphatic rings. The van der Waals surface area contributed by atoms with Crippen molar-refractivity contribution in [2.24, 2.45) is 0 Å². The van der Waals surface area contributed by atoms with E-state index in [1.807, 2.05) is 6.92 Å². The standard InChI is InChI=1S/C23H30N4O2/c1-16-13-20(23-25-24-18(3)29-23)5-6-22(16)19-7-11-27(12-8-19)17(2)14-26-10-9-21(15-26)28-4/h5-7,13,21H,2,8-12,14-15H2,1,3-4H3. The summed E-state index contributed by atoms with van der Waals surface area (Å²) in [6.45, 7) is 13.3. The lowest BCUT2D eigenvalue weighted by molar-refractivity contribution is 0.108. The van der Waals surface area contributed by atoms with E-state index in [0.717, 1.165) is 51.1 Å². The Bertz CT molecular complexity index is 917. The Morgan fingerprint density at radius 3 is 2.76 bits per heavy atom. The molecule has 1 aromatic carbocycles. The normalized spacial score (nSPS) is 20.2. The average molecular weight is 395 g/mol. The Labute approximate surface area is 172 Å². The van der Waals surface area contributed by atoms with Gasteiger partial charge < -0.3 is 14.1 Å². The number of aromatic nitrogens is 2. The monoisotopic (exact) mass is 394 g/mol. The zero-order chi connectivity index (χ0) is 20.4. The molecule has 2 aliphatic heterocycles. The number of methoxy groups -OCH3 is 1. The molecule has 29 heavy (non-hydrogen) atoms. The average Bonchev–Trinajstić information content (AvgIpc) is 3.37. The van der Waals surface area contributed by atoms with Crippen molar-refractivity contribution in [1.82, 2.24) is 20.0 Å². The highest BCUT2D eigenvalue weighted by molar-refractivity contribution is 5.72. The molecular weight excluding hydrogens is 364 g/mol. The summed E-state index contributed by atoms with van der Waals surface area (Å²) < 4.78 is 11.0. The van der Waals surface area contributed by atoms with Gasteiger partial charge in [-0.25, -0.2) is 0 Å². The minimum Gasteiger partial charge on any atom is -0.421 e. The van der Waals surface area contributed by atoms with Gasteiger partial charge in [-0.15, -0.1) is 10.2 Å². The molecule has 4 rings (SSSR count). The molecular formula is C23H30N4O2. The van der Waals surface area contributed by atoms with Crippen molar-refractivity contribution in [2.75, 3.05) is 39.8 Å². The maximum absolute atomic E-state index is 5.55. The highest BCUT2D eigenvalue weighted by Crippen LogP contribution is 2.29. The van der Waals surface area contributed by atoms with Gasteiger partial charge in [0.25, 0.3) is 0 Å². The largest absolute Gasteiger partial charge is 0.421 e. The molecule has 0 amide bonds. The predicted octanol–water partition coefficient (Wildman–Crippen LogP) is 3.68. The lowest BCUT2D eigenvalue weighted by Crippen LogP contribution is -2.34. The zero-order valence-electron chi connectivity index (χ0n) is 17.6. The van der Waals surface area contributed by atoms with Crippen LogP contribution >= 0.6 is 0 Å². The molecule has 0 radical (unpaired) electrons. The molecule has 0 spiro atoms. The van der Waals surface area contributed by atoms with E-state index in [1.54, 1.807) is 7.11 Å². The number of hydrogen-bond acceptors (Lipinski definition) is 6. The van der Waals surface area contributed by atoms with Crippen LogP contribution in [0.4, 0.5) is 0 Å². The number of likely N-dealkylation sites (tertiary alicyclic amines) is 1. The first-order chi connectivity index (χ1) is 14.0. The van der Waals surface area contributed by atoms with Crippen LogP contribution < -0.4 is 0 Å². The summed E-state index contributed by atoms with van der Waals surface area (Å²) in [5.41, 5.74) is 6.12. The Kier molecular flexibility index (Phi) is 5.83. The van der Waals surface area contributed by atoms with Crippen LogP contribution in [0.2, 0.25) is 0 Å². The van der Waals surface area contributed by atoms with Crippen molar-refractivity contribution in [2.45, 2.75) is 32.8 Å². The van der Waals surface area contributed by atoms with Gasteiger partial charge in [0.05, 0.1) is 6.10 Å². The molecule has 0 aliphatic carbocycles. The summed E-state index contributed by atoms with van der Waals surface area (Å²) in [6, 6.07) is 6.38. The molecule has 1 aromatic heterocycles. The van der Waals surface area contributed by atoms with E-state index in [9.17, 15) is 0 Å². The SMILES string of the molecule is C=C(CN1CCC(OC)C1)N1CC=C(c2ccc(-c3nnc(C)o3)cc2C)CC1. The topological polar surface area (TPSA) is 54.6 Å². The lowest BCUT2D eigenvalue weighted by Gasteiger charge is -2.32. The van der Waals surface area contributed by atoms with Gasteiger partial charge >= 0.3 is 0 Å². The predicted molar refractivity (Wildman–Crippen MR) is 114 cm³/mol. The van der Waals surface area contributed by atoms with E-state index in [-0.39, 0.29) is 0 Å². The number of rotatable bonds is 6. The third-order valence-corrected chi connectivity index (χ3v) is 5.97. The van der Waals surface area contributed by atoms with Crippen molar-refractivity contribution in [1.29, 1.82) is 0 Å². The number of ether oxygens (including phenoxy) is 1. The van der Waals surface area contributed by atoms with Gasteiger partial charge in [0, 0.05) is 58.0 Å². The van der Waals surface area contributed by atoms with Gasteiger partial charge in [0.1, 0.15) is 0 Å². The van der Waals surface area contributed by atoms with Gasteiger partial charge in [-0.05, 0) is 48.6 Å². The van der Waals surface area contributed by atoms with Gasteiger partial charge in [0.2, 0.25) is 11.8 Å². The van der Waals surface area contributed by atoms with Crippen molar-refractivity contribution in [3.05, 3.63) is 53.6 Å². The molecule has 3 heterocycles. The molecule has 6 nitrogen and oxygen atoms in total. The maximum atomic E-state index is 5.55. The summed E-state index contributed by atoms with van der Waals surface area (Å²) in [5.74, 6) is 1.17. The first-order valence-corrected chi connectivity index (χ1v) is 10.3. The molecule has 1 fully saturated rings. The van der Waals surface area contributed by atoms with Crippen LogP contribution in [0.25, 0.3) is 17.0 Å². The van der Waals surface area contributed by atoms with E-state index < -0.39 is 0 Å². The molecule has 0 N–H and O–H groups in total. The summed E-state index contributed by atoms with van der Waals surface area (Å²) in [7, 11) is 1.80. The molecule has 1 unspecified atom stereocenters. The Morgan fingerprint density at radius 2 is 2.14 bits per heavy atom. The summed E-state index contributed by atoms with van der Waals surface area (Å²) in [5, 5.41) is 8.04. The molecule has 2 aromatic rings. The van der Waals surface area contributed by atoms with E-state index in [4.69, 9.17) is 9.15 Å². The third-order valence-electron chi connectivity index (χ3n) is 5.97. The van der Waals surface area contributed by atoms with Crippen molar-refractivity contribution >= 4 is 5.57 Å².